The lowest BCUT2D eigenvalue weighted by Gasteiger charge is -2.38. The molecule has 1 saturated carbocycles. The molecule has 2 fully saturated rings. The van der Waals surface area contributed by atoms with Crippen molar-refractivity contribution in [2.24, 2.45) is 11.8 Å². The van der Waals surface area contributed by atoms with E-state index in [0.717, 1.165) is 11.8 Å². The van der Waals surface area contributed by atoms with Gasteiger partial charge >= 0.3 is 0 Å². The van der Waals surface area contributed by atoms with Gasteiger partial charge in [0.25, 0.3) is 0 Å². The van der Waals surface area contributed by atoms with Gasteiger partial charge in [-0.15, -0.1) is 0 Å². The first kappa shape index (κ1) is 7.60. The number of hydrogen-bond acceptors (Lipinski definition) is 1. The molecule has 1 saturated heterocycles. The Kier molecular flexibility index (Phi) is 1.54. The molecule has 2 atom stereocenters. The molecule has 1 aliphatic carbocycles. The first-order valence-corrected chi connectivity index (χ1v) is 4.82. The molecule has 64 valence electrons. The van der Waals surface area contributed by atoms with Crippen LogP contribution in [0.15, 0.2) is 0 Å². The third-order valence-electron chi connectivity index (χ3n) is 3.24. The summed E-state index contributed by atoms with van der Waals surface area (Å²) in [6, 6.07) is 0. The summed E-state index contributed by atoms with van der Waals surface area (Å²) in [5, 5.41) is 0. The van der Waals surface area contributed by atoms with Gasteiger partial charge in [-0.2, -0.15) is 0 Å². The van der Waals surface area contributed by atoms with Crippen molar-refractivity contribution in [1.82, 2.24) is 4.90 Å². The zero-order chi connectivity index (χ0) is 8.06. The Labute approximate surface area is 69.8 Å². The van der Waals surface area contributed by atoms with E-state index in [-0.39, 0.29) is 0 Å². The molecular weight excluding hydrogens is 134 g/mol. The summed E-state index contributed by atoms with van der Waals surface area (Å²) in [6.45, 7) is 9.69. The maximum Gasteiger partial charge on any atom is 0.0125 e. The number of piperidine rings is 1. The van der Waals surface area contributed by atoms with Crippen LogP contribution in [0.25, 0.3) is 0 Å². The zero-order valence-corrected chi connectivity index (χ0v) is 7.93. The maximum atomic E-state index is 2.64. The van der Waals surface area contributed by atoms with E-state index in [1.165, 1.54) is 25.9 Å². The van der Waals surface area contributed by atoms with Crippen molar-refractivity contribution in [3.63, 3.8) is 0 Å². The minimum atomic E-state index is 0.410. The van der Waals surface area contributed by atoms with Crippen LogP contribution in [0.1, 0.15) is 33.6 Å². The van der Waals surface area contributed by atoms with Crippen LogP contribution in [0.2, 0.25) is 0 Å². The van der Waals surface area contributed by atoms with Gasteiger partial charge in [-0.05, 0) is 52.0 Å². The Hall–Kier alpha value is -0.0400. The highest BCUT2D eigenvalue weighted by atomic mass is 15.2. The van der Waals surface area contributed by atoms with Gasteiger partial charge in [-0.1, -0.05) is 0 Å². The Morgan fingerprint density at radius 1 is 1.18 bits per heavy atom. The first-order chi connectivity index (χ1) is 5.07. The smallest absolute Gasteiger partial charge is 0.0125 e. The molecule has 0 amide bonds. The third kappa shape index (κ3) is 1.44. The van der Waals surface area contributed by atoms with Crippen LogP contribution in [0.5, 0.6) is 0 Å². The van der Waals surface area contributed by atoms with Crippen LogP contribution in [0.4, 0.5) is 0 Å². The van der Waals surface area contributed by atoms with Gasteiger partial charge in [0.1, 0.15) is 0 Å². The van der Waals surface area contributed by atoms with Crippen molar-refractivity contribution in [2.75, 3.05) is 13.1 Å². The van der Waals surface area contributed by atoms with E-state index < -0.39 is 0 Å². The molecule has 0 N–H and O–H groups in total. The number of nitrogens with zero attached hydrogens (tertiary/aromatic N) is 1. The Morgan fingerprint density at radius 2 is 1.91 bits per heavy atom. The van der Waals surface area contributed by atoms with Crippen LogP contribution < -0.4 is 0 Å². The molecule has 0 aromatic heterocycles. The predicted octanol–water partition coefficient (Wildman–Crippen LogP) is 2.13. The number of hydrogen-bond donors (Lipinski definition) is 0. The SMILES string of the molecule is CC(C)(C)N1CC[C@@H]2C[C@@H]2C1. The first-order valence-electron chi connectivity index (χ1n) is 4.82. The number of rotatable bonds is 0. The number of fused-ring (bicyclic) bond motifs is 1. The highest BCUT2D eigenvalue weighted by Gasteiger charge is 2.43. The van der Waals surface area contributed by atoms with Crippen LogP contribution in [-0.2, 0) is 0 Å². The summed E-state index contributed by atoms with van der Waals surface area (Å²) in [4.78, 5) is 2.64. The molecule has 0 aromatic carbocycles. The molecule has 2 rings (SSSR count). The summed E-state index contributed by atoms with van der Waals surface area (Å²) in [5.74, 6) is 2.19. The van der Waals surface area contributed by atoms with Gasteiger partial charge in [0, 0.05) is 12.1 Å². The topological polar surface area (TPSA) is 3.24 Å². The number of likely N-dealkylation sites (tertiary alicyclic amines) is 1. The fourth-order valence-electron chi connectivity index (χ4n) is 2.19. The van der Waals surface area contributed by atoms with Crippen molar-refractivity contribution in [2.45, 2.75) is 39.2 Å². The molecule has 1 heterocycles. The Bertz CT molecular complexity index is 157. The predicted molar refractivity (Wildman–Crippen MR) is 47.5 cm³/mol. The second-order valence-electron chi connectivity index (χ2n) is 5.16. The Balaban J connectivity index is 1.95. The summed E-state index contributed by atoms with van der Waals surface area (Å²) in [7, 11) is 0. The lowest BCUT2D eigenvalue weighted by molar-refractivity contribution is 0.105. The third-order valence-corrected chi connectivity index (χ3v) is 3.24. The summed E-state index contributed by atoms with van der Waals surface area (Å²) in [5.41, 5.74) is 0.410. The fourth-order valence-corrected chi connectivity index (χ4v) is 2.19. The van der Waals surface area contributed by atoms with E-state index in [4.69, 9.17) is 0 Å². The van der Waals surface area contributed by atoms with Gasteiger partial charge in [-0.25, -0.2) is 0 Å². The molecule has 0 aromatic rings. The van der Waals surface area contributed by atoms with Gasteiger partial charge in [0.2, 0.25) is 0 Å². The lowest BCUT2D eigenvalue weighted by Crippen LogP contribution is -2.45. The van der Waals surface area contributed by atoms with E-state index in [0.29, 0.717) is 5.54 Å². The fraction of sp³-hybridized carbons (Fsp3) is 1.00. The molecule has 1 nitrogen and oxygen atoms in total. The van der Waals surface area contributed by atoms with Crippen LogP contribution >= 0.6 is 0 Å². The molecular formula is C10H19N. The van der Waals surface area contributed by atoms with E-state index in [9.17, 15) is 0 Å². The van der Waals surface area contributed by atoms with Crippen molar-refractivity contribution in [3.8, 4) is 0 Å². The monoisotopic (exact) mass is 153 g/mol. The Morgan fingerprint density at radius 3 is 2.45 bits per heavy atom. The van der Waals surface area contributed by atoms with Gasteiger partial charge in [-0.3, -0.25) is 4.90 Å². The van der Waals surface area contributed by atoms with Gasteiger partial charge < -0.3 is 0 Å². The van der Waals surface area contributed by atoms with E-state index in [1.54, 1.807) is 0 Å². The molecule has 0 bridgehead atoms. The summed E-state index contributed by atoms with van der Waals surface area (Å²) < 4.78 is 0. The van der Waals surface area contributed by atoms with E-state index in [2.05, 4.69) is 25.7 Å². The zero-order valence-electron chi connectivity index (χ0n) is 7.93. The van der Waals surface area contributed by atoms with Crippen molar-refractivity contribution < 1.29 is 0 Å². The summed E-state index contributed by atoms with van der Waals surface area (Å²) in [6.07, 6.45) is 2.98. The molecule has 0 radical (unpaired) electrons. The van der Waals surface area contributed by atoms with Gasteiger partial charge in [0.05, 0.1) is 0 Å². The second kappa shape index (κ2) is 2.22. The quantitative estimate of drug-likeness (QED) is 0.515. The lowest BCUT2D eigenvalue weighted by atomic mass is 10.0. The minimum Gasteiger partial charge on any atom is -0.298 e. The molecule has 2 aliphatic rings. The van der Waals surface area contributed by atoms with Gasteiger partial charge in [0.15, 0.2) is 0 Å². The maximum absolute atomic E-state index is 2.64. The van der Waals surface area contributed by atoms with Crippen LogP contribution in [0, 0.1) is 11.8 Å². The average molecular weight is 153 g/mol. The molecule has 11 heavy (non-hydrogen) atoms. The largest absolute Gasteiger partial charge is 0.298 e. The normalized spacial score (nSPS) is 38.5. The highest BCUT2D eigenvalue weighted by Crippen LogP contribution is 2.46. The highest BCUT2D eigenvalue weighted by molar-refractivity contribution is 4.95. The summed E-state index contributed by atoms with van der Waals surface area (Å²) >= 11 is 0. The molecule has 0 unspecified atom stereocenters. The van der Waals surface area contributed by atoms with E-state index >= 15 is 0 Å². The van der Waals surface area contributed by atoms with Crippen LogP contribution in [-0.4, -0.2) is 23.5 Å². The second-order valence-corrected chi connectivity index (χ2v) is 5.16. The van der Waals surface area contributed by atoms with Crippen LogP contribution in [0.3, 0.4) is 0 Å². The molecule has 1 aliphatic heterocycles. The average Bonchev–Trinajstić information content (AvgIpc) is 2.60. The molecule has 1 heteroatoms. The standard InChI is InChI=1S/C10H19N/c1-10(2,3)11-5-4-8-6-9(8)7-11/h8-9H,4-7H2,1-3H3/t8-,9-/m1/s1. The van der Waals surface area contributed by atoms with Crippen molar-refractivity contribution in [1.29, 1.82) is 0 Å². The van der Waals surface area contributed by atoms with Crippen molar-refractivity contribution in [3.05, 3.63) is 0 Å². The van der Waals surface area contributed by atoms with Crippen molar-refractivity contribution >= 4 is 0 Å². The van der Waals surface area contributed by atoms with E-state index in [1.807, 2.05) is 0 Å². The molecule has 0 spiro atoms. The minimum absolute atomic E-state index is 0.410.